The summed E-state index contributed by atoms with van der Waals surface area (Å²) in [7, 11) is 0. The Morgan fingerprint density at radius 1 is 1.33 bits per heavy atom. The third kappa shape index (κ3) is 3.56. The number of benzene rings is 1. The van der Waals surface area contributed by atoms with E-state index in [9.17, 15) is 9.18 Å². The van der Waals surface area contributed by atoms with Crippen LogP contribution in [0, 0.1) is 12.7 Å². The van der Waals surface area contributed by atoms with E-state index in [1.54, 1.807) is 24.5 Å². The van der Waals surface area contributed by atoms with Crippen LogP contribution in [0.1, 0.15) is 22.5 Å². The van der Waals surface area contributed by atoms with Crippen molar-refractivity contribution >= 4 is 29.3 Å². The molecule has 3 heterocycles. The number of carbonyl (C=O) groups is 1. The number of morpholine rings is 1. The van der Waals surface area contributed by atoms with Crippen molar-refractivity contribution in [3.63, 3.8) is 0 Å². The fraction of sp³-hybridized carbons (Fsp3) is 0.300. The zero-order valence-electron chi connectivity index (χ0n) is 15.1. The van der Waals surface area contributed by atoms with Gasteiger partial charge in [0.1, 0.15) is 5.82 Å². The van der Waals surface area contributed by atoms with E-state index in [4.69, 9.17) is 4.74 Å². The molecular formula is C20H21FN4O2. The first kappa shape index (κ1) is 17.6. The summed E-state index contributed by atoms with van der Waals surface area (Å²) in [6.07, 6.45) is 6.97. The minimum Gasteiger partial charge on any atom is -0.379 e. The number of amides is 1. The third-order valence-electron chi connectivity index (χ3n) is 4.86. The number of imidazole rings is 1. The minimum absolute atomic E-state index is 0.249. The van der Waals surface area contributed by atoms with Gasteiger partial charge in [-0.25, -0.2) is 9.37 Å². The lowest BCUT2D eigenvalue weighted by Crippen LogP contribution is -2.36. The first-order chi connectivity index (χ1) is 13.1. The Hall–Kier alpha value is -2.77. The van der Waals surface area contributed by atoms with E-state index in [0.717, 1.165) is 32.0 Å². The van der Waals surface area contributed by atoms with E-state index in [-0.39, 0.29) is 11.7 Å². The molecule has 140 valence electrons. The lowest BCUT2D eigenvalue weighted by atomic mass is 9.98. The molecule has 1 saturated heterocycles. The Kier molecular flexibility index (Phi) is 4.87. The number of aryl methyl sites for hydroxylation is 1. The molecule has 27 heavy (non-hydrogen) atoms. The monoisotopic (exact) mass is 368 g/mol. The standard InChI is InChI=1S/C20H21FN4O2/c1-13-18(23-12-22-13)11-15-19-14(3-2-6-25-7-9-27-10-8-25)16(21)4-5-17(19)24-20(15)26/h2-5,11-12H,6-10H2,1H3,(H,22,23)(H,24,26). The quantitative estimate of drug-likeness (QED) is 0.814. The number of aromatic nitrogens is 2. The summed E-state index contributed by atoms with van der Waals surface area (Å²) in [6.45, 7) is 5.76. The molecule has 6 nitrogen and oxygen atoms in total. The van der Waals surface area contributed by atoms with Crippen molar-refractivity contribution in [1.82, 2.24) is 14.9 Å². The number of nitrogens with one attached hydrogen (secondary N) is 2. The fourth-order valence-corrected chi connectivity index (χ4v) is 3.35. The van der Waals surface area contributed by atoms with Crippen molar-refractivity contribution in [1.29, 1.82) is 0 Å². The number of ether oxygens (including phenoxy) is 1. The molecule has 7 heteroatoms. The van der Waals surface area contributed by atoms with Crippen LogP contribution in [0.4, 0.5) is 10.1 Å². The summed E-state index contributed by atoms with van der Waals surface area (Å²) >= 11 is 0. The maximum atomic E-state index is 14.6. The molecule has 1 aromatic heterocycles. The molecule has 0 aliphatic carbocycles. The average molecular weight is 368 g/mol. The lowest BCUT2D eigenvalue weighted by molar-refractivity contribution is -0.110. The number of halogens is 1. The van der Waals surface area contributed by atoms with Crippen LogP contribution in [0.2, 0.25) is 0 Å². The van der Waals surface area contributed by atoms with E-state index in [1.807, 2.05) is 13.0 Å². The molecule has 0 saturated carbocycles. The van der Waals surface area contributed by atoms with E-state index in [1.165, 1.54) is 6.07 Å². The second kappa shape index (κ2) is 7.46. The van der Waals surface area contributed by atoms with Crippen molar-refractivity contribution in [3.05, 3.63) is 52.9 Å². The Morgan fingerprint density at radius 3 is 2.89 bits per heavy atom. The Labute approximate surface area is 156 Å². The van der Waals surface area contributed by atoms with Gasteiger partial charge >= 0.3 is 0 Å². The SMILES string of the molecule is Cc1[nH]cnc1C=C1C(=O)Nc2ccc(F)c(C=CCN3CCOCC3)c21. The fourth-order valence-electron chi connectivity index (χ4n) is 3.35. The maximum Gasteiger partial charge on any atom is 0.256 e. The first-order valence-corrected chi connectivity index (χ1v) is 8.96. The molecule has 1 amide bonds. The number of hydrogen-bond acceptors (Lipinski definition) is 4. The molecule has 4 rings (SSSR count). The summed E-state index contributed by atoms with van der Waals surface area (Å²) < 4.78 is 19.9. The molecule has 0 bridgehead atoms. The van der Waals surface area contributed by atoms with Crippen LogP contribution < -0.4 is 5.32 Å². The molecule has 0 radical (unpaired) electrons. The molecule has 0 unspecified atom stereocenters. The van der Waals surface area contributed by atoms with Crippen LogP contribution in [0.15, 0.2) is 24.5 Å². The van der Waals surface area contributed by atoms with Gasteiger partial charge in [0.05, 0.1) is 30.8 Å². The molecule has 2 aliphatic rings. The third-order valence-corrected chi connectivity index (χ3v) is 4.86. The molecule has 1 aromatic carbocycles. The van der Waals surface area contributed by atoms with Crippen molar-refractivity contribution in [2.24, 2.45) is 0 Å². The number of rotatable bonds is 4. The maximum absolute atomic E-state index is 14.6. The van der Waals surface area contributed by atoms with Gasteiger partial charge < -0.3 is 15.0 Å². The topological polar surface area (TPSA) is 70.2 Å². The number of hydrogen-bond donors (Lipinski definition) is 2. The molecule has 0 atom stereocenters. The van der Waals surface area contributed by atoms with Crippen molar-refractivity contribution in [2.75, 3.05) is 38.2 Å². The Bertz CT molecular complexity index is 926. The highest BCUT2D eigenvalue weighted by atomic mass is 19.1. The van der Waals surface area contributed by atoms with Crippen LogP contribution >= 0.6 is 0 Å². The largest absolute Gasteiger partial charge is 0.379 e. The zero-order valence-corrected chi connectivity index (χ0v) is 15.1. The number of anilines is 1. The van der Waals surface area contributed by atoms with Crippen molar-refractivity contribution in [3.8, 4) is 0 Å². The normalized spacial score (nSPS) is 19.0. The van der Waals surface area contributed by atoms with Gasteiger partial charge in [0.25, 0.3) is 5.91 Å². The summed E-state index contributed by atoms with van der Waals surface area (Å²) in [5.74, 6) is -0.603. The molecular weight excluding hydrogens is 347 g/mol. The second-order valence-corrected chi connectivity index (χ2v) is 6.62. The molecule has 2 aromatic rings. The molecule has 2 N–H and O–H groups in total. The highest BCUT2D eigenvalue weighted by Crippen LogP contribution is 2.37. The molecule has 1 fully saturated rings. The van der Waals surface area contributed by atoms with Crippen LogP contribution in [0.25, 0.3) is 17.7 Å². The average Bonchev–Trinajstić information content (AvgIpc) is 3.22. The van der Waals surface area contributed by atoms with Crippen molar-refractivity contribution in [2.45, 2.75) is 6.92 Å². The summed E-state index contributed by atoms with van der Waals surface area (Å²) in [5.41, 5.74) is 3.56. The van der Waals surface area contributed by atoms with Gasteiger partial charge in [-0.3, -0.25) is 9.69 Å². The minimum atomic E-state index is -0.354. The van der Waals surface area contributed by atoms with Crippen LogP contribution in [0.3, 0.4) is 0 Å². The van der Waals surface area contributed by atoms with Gasteiger partial charge in [-0.1, -0.05) is 12.2 Å². The van der Waals surface area contributed by atoms with Gasteiger partial charge in [0, 0.05) is 42.1 Å². The van der Waals surface area contributed by atoms with E-state index >= 15 is 0 Å². The first-order valence-electron chi connectivity index (χ1n) is 8.96. The van der Waals surface area contributed by atoms with Crippen molar-refractivity contribution < 1.29 is 13.9 Å². The predicted molar refractivity (Wildman–Crippen MR) is 103 cm³/mol. The van der Waals surface area contributed by atoms with Gasteiger partial charge in [-0.05, 0) is 25.1 Å². The highest BCUT2D eigenvalue weighted by molar-refractivity contribution is 6.35. The predicted octanol–water partition coefficient (Wildman–Crippen LogP) is 2.70. The summed E-state index contributed by atoms with van der Waals surface area (Å²) in [6, 6.07) is 2.98. The number of aromatic amines is 1. The number of carbonyl (C=O) groups excluding carboxylic acids is 1. The van der Waals surface area contributed by atoms with E-state index in [0.29, 0.717) is 34.6 Å². The zero-order chi connectivity index (χ0) is 18.8. The van der Waals surface area contributed by atoms with Gasteiger partial charge in [0.2, 0.25) is 0 Å². The number of nitrogens with zero attached hydrogens (tertiary/aromatic N) is 2. The summed E-state index contributed by atoms with van der Waals surface area (Å²) in [5, 5.41) is 2.81. The Balaban J connectivity index is 1.68. The van der Waals surface area contributed by atoms with Crippen LogP contribution in [-0.4, -0.2) is 53.6 Å². The summed E-state index contributed by atoms with van der Waals surface area (Å²) in [4.78, 5) is 21.9. The number of H-pyrrole nitrogens is 1. The number of fused-ring (bicyclic) bond motifs is 1. The van der Waals surface area contributed by atoms with Crippen LogP contribution in [-0.2, 0) is 9.53 Å². The molecule has 0 spiro atoms. The smallest absolute Gasteiger partial charge is 0.256 e. The van der Waals surface area contributed by atoms with Crippen LogP contribution in [0.5, 0.6) is 0 Å². The van der Waals surface area contributed by atoms with E-state index in [2.05, 4.69) is 20.2 Å². The van der Waals surface area contributed by atoms with Gasteiger partial charge in [-0.15, -0.1) is 0 Å². The molecule has 2 aliphatic heterocycles. The Morgan fingerprint density at radius 2 is 2.15 bits per heavy atom. The second-order valence-electron chi connectivity index (χ2n) is 6.62. The van der Waals surface area contributed by atoms with E-state index < -0.39 is 0 Å². The highest BCUT2D eigenvalue weighted by Gasteiger charge is 2.28. The lowest BCUT2D eigenvalue weighted by Gasteiger charge is -2.25. The van der Waals surface area contributed by atoms with Gasteiger partial charge in [-0.2, -0.15) is 0 Å². The van der Waals surface area contributed by atoms with Gasteiger partial charge in [0.15, 0.2) is 0 Å².